The summed E-state index contributed by atoms with van der Waals surface area (Å²) >= 11 is 5.44. The molecule has 0 aromatic carbocycles. The largest absolute Gasteiger partial charge is 0.394 e. The van der Waals surface area contributed by atoms with Crippen LogP contribution >= 0.6 is 11.6 Å². The summed E-state index contributed by atoms with van der Waals surface area (Å²) in [6, 6.07) is 0. The van der Waals surface area contributed by atoms with Crippen molar-refractivity contribution < 1.29 is 10.2 Å². The first-order valence-corrected chi connectivity index (χ1v) is 4.24. The Morgan fingerprint density at radius 1 is 1.50 bits per heavy atom. The maximum absolute atomic E-state index is 8.90. The molecule has 0 amide bonds. The van der Waals surface area contributed by atoms with Gasteiger partial charge in [-0.1, -0.05) is 11.6 Å². The average molecular weight is 194 g/mol. The van der Waals surface area contributed by atoms with Crippen molar-refractivity contribution >= 4 is 11.6 Å². The number of hydrogen-bond acceptors (Lipinski definition) is 3. The first-order chi connectivity index (χ1) is 5.58. The Morgan fingerprint density at radius 3 is 2.33 bits per heavy atom. The summed E-state index contributed by atoms with van der Waals surface area (Å²) in [5.74, 6) is 0. The zero-order valence-corrected chi connectivity index (χ0v) is 8.23. The van der Waals surface area contributed by atoms with Crippen molar-refractivity contribution in [3.05, 3.63) is 11.1 Å². The summed E-state index contributed by atoms with van der Waals surface area (Å²) in [5, 5.41) is 20.8. The molecule has 0 rings (SSSR count). The molecule has 0 bridgehead atoms. The Morgan fingerprint density at radius 2 is 2.00 bits per heavy atom. The fourth-order valence-corrected chi connectivity index (χ4v) is 0.630. The van der Waals surface area contributed by atoms with Gasteiger partial charge in [0.2, 0.25) is 0 Å². The molecule has 0 unspecified atom stereocenters. The van der Waals surface area contributed by atoms with Gasteiger partial charge in [-0.2, -0.15) is 0 Å². The zero-order chi connectivity index (χ0) is 9.61. The quantitative estimate of drug-likeness (QED) is 0.595. The third kappa shape index (κ3) is 4.07. The van der Waals surface area contributed by atoms with Crippen molar-refractivity contribution in [1.82, 2.24) is 5.32 Å². The van der Waals surface area contributed by atoms with E-state index in [1.807, 2.05) is 6.92 Å². The van der Waals surface area contributed by atoms with Gasteiger partial charge in [-0.25, -0.2) is 0 Å². The molecule has 12 heavy (non-hydrogen) atoms. The Balaban J connectivity index is 3.89. The monoisotopic (exact) mass is 193 g/mol. The van der Waals surface area contributed by atoms with Gasteiger partial charge < -0.3 is 15.5 Å². The molecule has 0 heterocycles. The summed E-state index contributed by atoms with van der Waals surface area (Å²) in [6.07, 6.45) is 0. The highest BCUT2D eigenvalue weighted by atomic mass is 35.5. The summed E-state index contributed by atoms with van der Waals surface area (Å²) in [6.45, 7) is 3.99. The van der Waals surface area contributed by atoms with Crippen molar-refractivity contribution in [3.63, 3.8) is 0 Å². The van der Waals surface area contributed by atoms with E-state index in [1.165, 1.54) is 5.54 Å². The number of aliphatic hydroxyl groups excluding tert-OH is 2. The van der Waals surface area contributed by atoms with Gasteiger partial charge in [0.25, 0.3) is 0 Å². The normalized spacial score (nSPS) is 13.6. The Labute approximate surface area is 78.0 Å². The van der Waals surface area contributed by atoms with Crippen molar-refractivity contribution in [2.45, 2.75) is 19.4 Å². The lowest BCUT2D eigenvalue weighted by atomic mass is 10.1. The second kappa shape index (κ2) is 5.54. The summed E-state index contributed by atoms with van der Waals surface area (Å²) < 4.78 is 0. The van der Waals surface area contributed by atoms with Gasteiger partial charge >= 0.3 is 0 Å². The van der Waals surface area contributed by atoms with E-state index in [4.69, 9.17) is 21.8 Å². The first-order valence-electron chi connectivity index (χ1n) is 3.80. The highest BCUT2D eigenvalue weighted by Crippen LogP contribution is 2.02. The van der Waals surface area contributed by atoms with E-state index in [9.17, 15) is 0 Å². The molecule has 0 radical (unpaired) electrons. The molecule has 0 saturated carbocycles. The number of aliphatic hydroxyl groups is 2. The molecule has 0 aliphatic carbocycles. The van der Waals surface area contributed by atoms with Crippen molar-refractivity contribution in [3.8, 4) is 0 Å². The van der Waals surface area contributed by atoms with Crippen LogP contribution in [0.25, 0.3) is 0 Å². The maximum Gasteiger partial charge on any atom is 0.0633 e. The Hall–Kier alpha value is -0.0900. The SMILES string of the molecule is CC(=CCl)CNC(C)(CO)CO. The van der Waals surface area contributed by atoms with E-state index < -0.39 is 5.54 Å². The van der Waals surface area contributed by atoms with Crippen LogP contribution in [0.5, 0.6) is 0 Å². The lowest BCUT2D eigenvalue weighted by Gasteiger charge is -2.26. The third-order valence-electron chi connectivity index (χ3n) is 1.68. The van der Waals surface area contributed by atoms with Gasteiger partial charge in [0, 0.05) is 12.1 Å². The third-order valence-corrected chi connectivity index (χ3v) is 2.05. The van der Waals surface area contributed by atoms with E-state index in [1.54, 1.807) is 6.92 Å². The highest BCUT2D eigenvalue weighted by molar-refractivity contribution is 6.25. The first kappa shape index (κ1) is 11.9. The van der Waals surface area contributed by atoms with Gasteiger partial charge in [-0.15, -0.1) is 0 Å². The van der Waals surface area contributed by atoms with Crippen molar-refractivity contribution in [1.29, 1.82) is 0 Å². The maximum atomic E-state index is 8.90. The topological polar surface area (TPSA) is 52.5 Å². The minimum atomic E-state index is -0.624. The molecule has 3 nitrogen and oxygen atoms in total. The molecular weight excluding hydrogens is 178 g/mol. The minimum absolute atomic E-state index is 0.0981. The minimum Gasteiger partial charge on any atom is -0.394 e. The van der Waals surface area contributed by atoms with Gasteiger partial charge in [0.15, 0.2) is 0 Å². The molecule has 72 valence electrons. The molecule has 4 heteroatoms. The van der Waals surface area contributed by atoms with E-state index in [0.717, 1.165) is 5.57 Å². The molecule has 0 atom stereocenters. The van der Waals surface area contributed by atoms with Crippen LogP contribution in [0.4, 0.5) is 0 Å². The highest BCUT2D eigenvalue weighted by Gasteiger charge is 2.20. The van der Waals surface area contributed by atoms with Gasteiger partial charge in [-0.3, -0.25) is 0 Å². The van der Waals surface area contributed by atoms with E-state index in [-0.39, 0.29) is 13.2 Å². The van der Waals surface area contributed by atoms with Crippen LogP contribution in [0.3, 0.4) is 0 Å². The fourth-order valence-electron chi connectivity index (χ4n) is 0.553. The zero-order valence-electron chi connectivity index (χ0n) is 7.47. The summed E-state index contributed by atoms with van der Waals surface area (Å²) in [5.41, 5.74) is 1.81. The lowest BCUT2D eigenvalue weighted by Crippen LogP contribution is -2.49. The standard InChI is InChI=1S/C8H16ClNO2/c1-7(3-9)4-10-8(2,5-11)6-12/h3,10-12H,4-6H2,1-2H3. The average Bonchev–Trinajstić information content (AvgIpc) is 2.13. The number of nitrogens with one attached hydrogen (secondary N) is 1. The predicted molar refractivity (Wildman–Crippen MR) is 50.2 cm³/mol. The number of halogens is 1. The van der Waals surface area contributed by atoms with Crippen LogP contribution in [0.2, 0.25) is 0 Å². The summed E-state index contributed by atoms with van der Waals surface area (Å²) in [7, 11) is 0. The van der Waals surface area contributed by atoms with E-state index in [2.05, 4.69) is 5.32 Å². The lowest BCUT2D eigenvalue weighted by molar-refractivity contribution is 0.107. The second-order valence-electron chi connectivity index (χ2n) is 3.19. The van der Waals surface area contributed by atoms with Crippen LogP contribution in [0.1, 0.15) is 13.8 Å². The molecule has 0 fully saturated rings. The Kier molecular flexibility index (Phi) is 5.50. The molecular formula is C8H16ClNO2. The number of rotatable bonds is 5. The summed E-state index contributed by atoms with van der Waals surface area (Å²) in [4.78, 5) is 0. The molecule has 0 aromatic heterocycles. The molecule has 0 aromatic rings. The fraction of sp³-hybridized carbons (Fsp3) is 0.750. The van der Waals surface area contributed by atoms with Crippen LogP contribution < -0.4 is 5.32 Å². The molecule has 0 saturated heterocycles. The molecule has 0 aliphatic rings. The van der Waals surface area contributed by atoms with Crippen molar-refractivity contribution in [2.24, 2.45) is 0 Å². The molecule has 0 spiro atoms. The van der Waals surface area contributed by atoms with Crippen LogP contribution in [-0.2, 0) is 0 Å². The van der Waals surface area contributed by atoms with Gasteiger partial charge in [0.1, 0.15) is 0 Å². The van der Waals surface area contributed by atoms with E-state index >= 15 is 0 Å². The van der Waals surface area contributed by atoms with Gasteiger partial charge in [0.05, 0.1) is 18.8 Å². The van der Waals surface area contributed by atoms with Crippen LogP contribution in [0.15, 0.2) is 11.1 Å². The predicted octanol–water partition coefficient (Wildman–Crippen LogP) is 0.462. The van der Waals surface area contributed by atoms with Crippen LogP contribution in [0, 0.1) is 0 Å². The molecule has 0 aliphatic heterocycles. The number of hydrogen-bond donors (Lipinski definition) is 3. The molecule has 3 N–H and O–H groups in total. The van der Waals surface area contributed by atoms with E-state index in [0.29, 0.717) is 6.54 Å². The van der Waals surface area contributed by atoms with Crippen LogP contribution in [-0.4, -0.2) is 35.5 Å². The van der Waals surface area contributed by atoms with Gasteiger partial charge in [-0.05, 0) is 19.4 Å². The Bertz CT molecular complexity index is 155. The van der Waals surface area contributed by atoms with Crippen molar-refractivity contribution in [2.75, 3.05) is 19.8 Å². The smallest absolute Gasteiger partial charge is 0.0633 e. The second-order valence-corrected chi connectivity index (χ2v) is 3.40.